The van der Waals surface area contributed by atoms with Crippen LogP contribution in [0.25, 0.3) is 0 Å². The van der Waals surface area contributed by atoms with Gasteiger partial charge in [0, 0.05) is 6.04 Å². The van der Waals surface area contributed by atoms with E-state index in [2.05, 4.69) is 5.32 Å². The van der Waals surface area contributed by atoms with Crippen molar-refractivity contribution in [1.82, 2.24) is 5.32 Å². The molecule has 1 nitrogen and oxygen atoms in total. The Morgan fingerprint density at radius 3 is 2.44 bits per heavy atom. The van der Waals surface area contributed by atoms with E-state index in [-0.39, 0.29) is 0 Å². The Hall–Kier alpha value is -1.03. The normalized spacial score (nSPS) is 21.6. The average Bonchev–Trinajstić information content (AvgIpc) is 2.57. The summed E-state index contributed by atoms with van der Waals surface area (Å²) in [5.41, 5.74) is 0.405. The van der Waals surface area contributed by atoms with Crippen LogP contribution in [0.2, 0.25) is 0 Å². The molecule has 0 bridgehead atoms. The molecular weight excluding hydrogens is 239 g/mol. The summed E-state index contributed by atoms with van der Waals surface area (Å²) in [6.07, 6.45) is 1.34. The van der Waals surface area contributed by atoms with Crippen LogP contribution >= 0.6 is 0 Å². The molecule has 1 saturated heterocycles. The Bertz CT molecular complexity index is 362. The van der Waals surface area contributed by atoms with E-state index < -0.39 is 11.7 Å². The van der Waals surface area contributed by atoms with Gasteiger partial charge in [-0.3, -0.25) is 0 Å². The van der Waals surface area contributed by atoms with Crippen LogP contribution in [0, 0.1) is 0 Å². The Morgan fingerprint density at radius 2 is 1.78 bits per heavy atom. The summed E-state index contributed by atoms with van der Waals surface area (Å²) >= 11 is 0. The van der Waals surface area contributed by atoms with E-state index in [1.807, 2.05) is 0 Å². The van der Waals surface area contributed by atoms with E-state index in [1.54, 1.807) is 12.1 Å². The first kappa shape index (κ1) is 13.4. The number of alkyl halides is 3. The van der Waals surface area contributed by atoms with Crippen molar-refractivity contribution in [2.45, 2.75) is 44.3 Å². The summed E-state index contributed by atoms with van der Waals surface area (Å²) in [5, 5.41) is 3.45. The van der Waals surface area contributed by atoms with Crippen molar-refractivity contribution in [1.29, 1.82) is 0 Å². The molecule has 1 aromatic rings. The monoisotopic (exact) mass is 257 g/mol. The van der Waals surface area contributed by atoms with Crippen molar-refractivity contribution < 1.29 is 13.2 Å². The molecule has 1 aliphatic rings. The second-order valence-corrected chi connectivity index (χ2v) is 4.90. The fraction of sp³-hybridized carbons (Fsp3) is 0.571. The topological polar surface area (TPSA) is 12.0 Å². The van der Waals surface area contributed by atoms with E-state index in [9.17, 15) is 13.2 Å². The van der Waals surface area contributed by atoms with Crippen molar-refractivity contribution in [2.75, 3.05) is 6.54 Å². The van der Waals surface area contributed by atoms with Crippen LogP contribution in [-0.2, 0) is 12.6 Å². The number of hydrogen-bond acceptors (Lipinski definition) is 1. The number of benzene rings is 1. The van der Waals surface area contributed by atoms with Gasteiger partial charge < -0.3 is 5.32 Å². The number of rotatable bonds is 2. The fourth-order valence-corrected chi connectivity index (χ4v) is 2.39. The molecule has 1 N–H and O–H groups in total. The third-order valence-corrected chi connectivity index (χ3v) is 3.43. The van der Waals surface area contributed by atoms with Crippen LogP contribution < -0.4 is 5.32 Å². The molecule has 100 valence electrons. The molecule has 0 aromatic heterocycles. The average molecular weight is 257 g/mol. The van der Waals surface area contributed by atoms with Crippen molar-refractivity contribution in [2.24, 2.45) is 0 Å². The second-order valence-electron chi connectivity index (χ2n) is 4.90. The third kappa shape index (κ3) is 3.73. The zero-order valence-corrected chi connectivity index (χ0v) is 10.3. The van der Waals surface area contributed by atoms with Crippen LogP contribution in [0.5, 0.6) is 0 Å². The minimum atomic E-state index is -4.24. The van der Waals surface area contributed by atoms with E-state index >= 15 is 0 Å². The quantitative estimate of drug-likeness (QED) is 0.850. The summed E-state index contributed by atoms with van der Waals surface area (Å²) in [4.78, 5) is 0. The predicted octanol–water partition coefficient (Wildman–Crippen LogP) is 3.78. The van der Waals surface area contributed by atoms with Crippen molar-refractivity contribution in [3.8, 4) is 0 Å². The minimum absolute atomic E-state index is 0.407. The van der Waals surface area contributed by atoms with Gasteiger partial charge in [0.1, 0.15) is 0 Å². The molecule has 0 spiro atoms. The highest BCUT2D eigenvalue weighted by atomic mass is 19.4. The molecule has 1 unspecified atom stereocenters. The molecule has 4 heteroatoms. The third-order valence-electron chi connectivity index (χ3n) is 3.43. The lowest BCUT2D eigenvalue weighted by molar-refractivity contribution is -0.137. The van der Waals surface area contributed by atoms with Gasteiger partial charge in [0.25, 0.3) is 0 Å². The zero-order chi connectivity index (χ0) is 13.0. The van der Waals surface area contributed by atoms with Crippen molar-refractivity contribution in [3.63, 3.8) is 0 Å². The van der Waals surface area contributed by atoms with Crippen LogP contribution in [0.3, 0.4) is 0 Å². The van der Waals surface area contributed by atoms with Gasteiger partial charge >= 0.3 is 6.18 Å². The first-order valence-electron chi connectivity index (χ1n) is 6.45. The Kier molecular flexibility index (Phi) is 4.27. The molecule has 0 radical (unpaired) electrons. The van der Waals surface area contributed by atoms with Crippen molar-refractivity contribution >= 4 is 0 Å². The lowest BCUT2D eigenvalue weighted by atomic mass is 10.0. The minimum Gasteiger partial charge on any atom is -0.314 e. The molecular formula is C14H18F3N. The van der Waals surface area contributed by atoms with E-state index in [4.69, 9.17) is 0 Å². The second kappa shape index (κ2) is 5.74. The fourth-order valence-electron chi connectivity index (χ4n) is 2.39. The molecule has 0 aliphatic carbocycles. The van der Waals surface area contributed by atoms with Gasteiger partial charge in [-0.15, -0.1) is 0 Å². The molecule has 0 amide bonds. The van der Waals surface area contributed by atoms with Gasteiger partial charge in [0.05, 0.1) is 5.56 Å². The summed E-state index contributed by atoms with van der Waals surface area (Å²) in [6, 6.07) is 5.94. The maximum Gasteiger partial charge on any atom is 0.416 e. The molecule has 1 atom stereocenters. The first-order chi connectivity index (χ1) is 8.55. The van der Waals surface area contributed by atoms with E-state index in [1.165, 1.54) is 31.4 Å². The predicted molar refractivity (Wildman–Crippen MR) is 65.4 cm³/mol. The largest absolute Gasteiger partial charge is 0.416 e. The molecule has 1 aliphatic heterocycles. The van der Waals surface area contributed by atoms with Crippen LogP contribution in [-0.4, -0.2) is 12.6 Å². The SMILES string of the molecule is FC(F)(F)c1ccc(CC2CCCCCN2)cc1. The first-order valence-corrected chi connectivity index (χ1v) is 6.45. The van der Waals surface area contributed by atoms with Gasteiger partial charge in [-0.2, -0.15) is 13.2 Å². The van der Waals surface area contributed by atoms with Crippen LogP contribution in [0.4, 0.5) is 13.2 Å². The van der Waals surface area contributed by atoms with Gasteiger partial charge in [0.15, 0.2) is 0 Å². The van der Waals surface area contributed by atoms with Gasteiger partial charge in [-0.1, -0.05) is 25.0 Å². The Labute approximate surface area is 105 Å². The maximum absolute atomic E-state index is 12.4. The van der Waals surface area contributed by atoms with Gasteiger partial charge in [-0.25, -0.2) is 0 Å². The van der Waals surface area contributed by atoms with Gasteiger partial charge in [-0.05, 0) is 43.5 Å². The van der Waals surface area contributed by atoms with Crippen LogP contribution in [0.1, 0.15) is 36.8 Å². The molecule has 1 aromatic carbocycles. The summed E-state index contributed by atoms with van der Waals surface area (Å²) in [7, 11) is 0. The smallest absolute Gasteiger partial charge is 0.314 e. The lowest BCUT2D eigenvalue weighted by Crippen LogP contribution is -2.30. The molecule has 0 saturated carbocycles. The van der Waals surface area contributed by atoms with Crippen molar-refractivity contribution in [3.05, 3.63) is 35.4 Å². The molecule has 1 fully saturated rings. The molecule has 18 heavy (non-hydrogen) atoms. The zero-order valence-electron chi connectivity index (χ0n) is 10.3. The standard InChI is InChI=1S/C14H18F3N/c15-14(16,17)12-7-5-11(6-8-12)10-13-4-2-1-3-9-18-13/h5-8,13,18H,1-4,9-10H2. The molecule has 2 rings (SSSR count). The number of nitrogens with one attached hydrogen (secondary N) is 1. The highest BCUT2D eigenvalue weighted by Crippen LogP contribution is 2.29. The van der Waals surface area contributed by atoms with Crippen LogP contribution in [0.15, 0.2) is 24.3 Å². The highest BCUT2D eigenvalue weighted by Gasteiger charge is 2.29. The molecule has 1 heterocycles. The Morgan fingerprint density at radius 1 is 1.06 bits per heavy atom. The summed E-state index contributed by atoms with van der Waals surface area (Å²) in [5.74, 6) is 0. The summed E-state index contributed by atoms with van der Waals surface area (Å²) < 4.78 is 37.3. The maximum atomic E-state index is 12.4. The lowest BCUT2D eigenvalue weighted by Gasteiger charge is -2.16. The Balaban J connectivity index is 1.97. The van der Waals surface area contributed by atoms with E-state index in [0.717, 1.165) is 24.9 Å². The number of hydrogen-bond donors (Lipinski definition) is 1. The highest BCUT2D eigenvalue weighted by molar-refractivity contribution is 5.25. The van der Waals surface area contributed by atoms with Gasteiger partial charge in [0.2, 0.25) is 0 Å². The summed E-state index contributed by atoms with van der Waals surface area (Å²) in [6.45, 7) is 1.02. The van der Waals surface area contributed by atoms with E-state index in [0.29, 0.717) is 6.04 Å². The number of halogens is 3.